The molecule has 6 heteroatoms. The molecule has 0 aromatic heterocycles. The zero-order chi connectivity index (χ0) is 17.5. The fourth-order valence-corrected chi connectivity index (χ4v) is 2.99. The molecule has 1 heterocycles. The Morgan fingerprint density at radius 3 is 2.77 bits per heavy atom. The summed E-state index contributed by atoms with van der Waals surface area (Å²) in [5.74, 6) is 2.31. The summed E-state index contributed by atoms with van der Waals surface area (Å²) in [5, 5.41) is 3.32. The summed E-state index contributed by atoms with van der Waals surface area (Å²) in [6.45, 7) is 1.40. The molecule has 2 aromatic rings. The van der Waals surface area contributed by atoms with Gasteiger partial charge in [0.05, 0.1) is 19.8 Å². The molecule has 0 saturated carbocycles. The Labute approximate surface area is 172 Å². The van der Waals surface area contributed by atoms with E-state index in [1.807, 2.05) is 30.3 Å². The highest BCUT2D eigenvalue weighted by Gasteiger charge is 2.21. The van der Waals surface area contributed by atoms with Crippen molar-refractivity contribution in [2.45, 2.75) is 25.3 Å². The number of rotatable bonds is 6. The predicted molar refractivity (Wildman–Crippen MR) is 116 cm³/mol. The first kappa shape index (κ1) is 20.4. The van der Waals surface area contributed by atoms with Crippen LogP contribution in [0.4, 0.5) is 0 Å². The summed E-state index contributed by atoms with van der Waals surface area (Å²) in [4.78, 5) is 4.46. The van der Waals surface area contributed by atoms with Crippen LogP contribution in [-0.4, -0.2) is 26.2 Å². The largest absolute Gasteiger partial charge is 0.497 e. The summed E-state index contributed by atoms with van der Waals surface area (Å²) in [6.07, 6.45) is 2.82. The molecule has 0 bridgehead atoms. The maximum atomic E-state index is 6.06. The molecule has 1 atom stereocenters. The number of nitrogens with zero attached hydrogens (tertiary/aromatic N) is 1. The monoisotopic (exact) mass is 467 g/mol. The molecule has 0 radical (unpaired) electrons. The van der Waals surface area contributed by atoms with Crippen LogP contribution in [0.2, 0.25) is 0 Å². The lowest BCUT2D eigenvalue weighted by Gasteiger charge is -2.26. The molecule has 1 aliphatic rings. The van der Waals surface area contributed by atoms with E-state index in [1.165, 1.54) is 5.56 Å². The number of halogens is 1. The van der Waals surface area contributed by atoms with Gasteiger partial charge in [-0.25, -0.2) is 0 Å². The van der Waals surface area contributed by atoms with Crippen LogP contribution in [0, 0.1) is 0 Å². The van der Waals surface area contributed by atoms with Gasteiger partial charge in [0, 0.05) is 18.5 Å². The normalized spacial score (nSPS) is 16.0. The standard InChI is InChI=1S/C20H25N3O2.HI/c1-24-16-10-8-15(9-11-16)5-4-13-22-20(21)23-18-12-14-25-19-7-3-2-6-17(18)19;/h2-3,6-11,18H,4-5,12-14H2,1H3,(H3,21,22,23);1H. The number of nitrogens with one attached hydrogen (secondary N) is 1. The topological polar surface area (TPSA) is 68.9 Å². The van der Waals surface area contributed by atoms with Crippen LogP contribution in [0.5, 0.6) is 11.5 Å². The molecule has 0 saturated heterocycles. The lowest BCUT2D eigenvalue weighted by atomic mass is 10.0. The fraction of sp³-hybridized carbons (Fsp3) is 0.350. The molecule has 0 fully saturated rings. The Hall–Kier alpha value is -1.96. The van der Waals surface area contributed by atoms with Crippen molar-refractivity contribution < 1.29 is 9.47 Å². The van der Waals surface area contributed by atoms with Crippen LogP contribution < -0.4 is 20.5 Å². The van der Waals surface area contributed by atoms with Gasteiger partial charge in [-0.2, -0.15) is 0 Å². The Morgan fingerprint density at radius 1 is 1.23 bits per heavy atom. The highest BCUT2D eigenvalue weighted by molar-refractivity contribution is 14.0. The maximum Gasteiger partial charge on any atom is 0.189 e. The molecule has 3 N–H and O–H groups in total. The average Bonchev–Trinajstić information content (AvgIpc) is 2.66. The van der Waals surface area contributed by atoms with Gasteiger partial charge in [-0.05, 0) is 36.6 Å². The highest BCUT2D eigenvalue weighted by atomic mass is 127. The third-order valence-corrected chi connectivity index (χ3v) is 4.35. The van der Waals surface area contributed by atoms with Gasteiger partial charge >= 0.3 is 0 Å². The Morgan fingerprint density at radius 2 is 2.00 bits per heavy atom. The lowest BCUT2D eigenvalue weighted by Crippen LogP contribution is -2.37. The van der Waals surface area contributed by atoms with E-state index in [0.29, 0.717) is 19.1 Å². The molecular formula is C20H26IN3O2. The Balaban J connectivity index is 0.00000243. The van der Waals surface area contributed by atoms with Gasteiger partial charge in [0.15, 0.2) is 5.96 Å². The molecule has 3 rings (SSSR count). The van der Waals surface area contributed by atoms with E-state index in [1.54, 1.807) is 7.11 Å². The fourth-order valence-electron chi connectivity index (χ4n) is 2.99. The summed E-state index contributed by atoms with van der Waals surface area (Å²) in [6, 6.07) is 16.4. The Bertz CT molecular complexity index is 719. The molecule has 26 heavy (non-hydrogen) atoms. The van der Waals surface area contributed by atoms with E-state index >= 15 is 0 Å². The van der Waals surface area contributed by atoms with E-state index < -0.39 is 0 Å². The van der Waals surface area contributed by atoms with Crippen molar-refractivity contribution in [3.63, 3.8) is 0 Å². The summed E-state index contributed by atoms with van der Waals surface area (Å²) in [5.41, 5.74) is 8.48. The van der Waals surface area contributed by atoms with E-state index in [0.717, 1.165) is 36.3 Å². The zero-order valence-electron chi connectivity index (χ0n) is 15.0. The van der Waals surface area contributed by atoms with Crippen molar-refractivity contribution in [3.8, 4) is 11.5 Å². The first-order valence-corrected chi connectivity index (χ1v) is 8.67. The third-order valence-electron chi connectivity index (χ3n) is 4.35. The van der Waals surface area contributed by atoms with Gasteiger partial charge < -0.3 is 20.5 Å². The predicted octanol–water partition coefficient (Wildman–Crippen LogP) is 3.67. The average molecular weight is 467 g/mol. The van der Waals surface area contributed by atoms with Crippen LogP contribution >= 0.6 is 24.0 Å². The van der Waals surface area contributed by atoms with E-state index in [9.17, 15) is 0 Å². The number of hydrogen-bond acceptors (Lipinski definition) is 3. The van der Waals surface area contributed by atoms with Gasteiger partial charge in [0.2, 0.25) is 0 Å². The SMILES string of the molecule is COc1ccc(CCCN=C(N)NC2CCOc3ccccc32)cc1.I. The number of benzene rings is 2. The van der Waals surface area contributed by atoms with Crippen molar-refractivity contribution in [1.29, 1.82) is 0 Å². The number of hydrogen-bond donors (Lipinski definition) is 2. The maximum absolute atomic E-state index is 6.06. The summed E-state index contributed by atoms with van der Waals surface area (Å²) >= 11 is 0. The van der Waals surface area contributed by atoms with Gasteiger partial charge in [-0.15, -0.1) is 24.0 Å². The van der Waals surface area contributed by atoms with E-state index in [2.05, 4.69) is 28.5 Å². The number of fused-ring (bicyclic) bond motifs is 1. The molecule has 140 valence electrons. The summed E-state index contributed by atoms with van der Waals surface area (Å²) in [7, 11) is 1.68. The second-order valence-corrected chi connectivity index (χ2v) is 6.09. The number of guanidine groups is 1. The minimum Gasteiger partial charge on any atom is -0.497 e. The van der Waals surface area contributed by atoms with E-state index in [-0.39, 0.29) is 30.0 Å². The number of nitrogens with two attached hydrogens (primary N) is 1. The molecule has 1 unspecified atom stereocenters. The second kappa shape index (κ2) is 10.3. The number of aryl methyl sites for hydroxylation is 1. The van der Waals surface area contributed by atoms with Crippen LogP contribution in [0.15, 0.2) is 53.5 Å². The van der Waals surface area contributed by atoms with Gasteiger partial charge in [-0.1, -0.05) is 30.3 Å². The first-order valence-electron chi connectivity index (χ1n) is 8.67. The van der Waals surface area contributed by atoms with Crippen molar-refractivity contribution >= 4 is 29.9 Å². The lowest BCUT2D eigenvalue weighted by molar-refractivity contribution is 0.262. The minimum absolute atomic E-state index is 0. The molecule has 0 amide bonds. The van der Waals surface area contributed by atoms with Crippen molar-refractivity contribution in [2.75, 3.05) is 20.3 Å². The van der Waals surface area contributed by atoms with Crippen LogP contribution in [-0.2, 0) is 6.42 Å². The number of methoxy groups -OCH3 is 1. The van der Waals surface area contributed by atoms with E-state index in [4.69, 9.17) is 15.2 Å². The third kappa shape index (κ3) is 5.52. The Kier molecular flexibility index (Phi) is 8.03. The summed E-state index contributed by atoms with van der Waals surface area (Å²) < 4.78 is 10.8. The number of aliphatic imine (C=N–C) groups is 1. The van der Waals surface area contributed by atoms with Gasteiger partial charge in [0.1, 0.15) is 11.5 Å². The van der Waals surface area contributed by atoms with Gasteiger partial charge in [0.25, 0.3) is 0 Å². The van der Waals surface area contributed by atoms with Crippen LogP contribution in [0.1, 0.15) is 30.0 Å². The zero-order valence-corrected chi connectivity index (χ0v) is 17.3. The van der Waals surface area contributed by atoms with Gasteiger partial charge in [-0.3, -0.25) is 4.99 Å². The minimum atomic E-state index is 0. The molecule has 1 aliphatic heterocycles. The molecule has 0 aliphatic carbocycles. The number of para-hydroxylation sites is 1. The molecular weight excluding hydrogens is 441 g/mol. The quantitative estimate of drug-likeness (QED) is 0.295. The highest BCUT2D eigenvalue weighted by Crippen LogP contribution is 2.31. The second-order valence-electron chi connectivity index (χ2n) is 6.09. The van der Waals surface area contributed by atoms with Crippen molar-refractivity contribution in [1.82, 2.24) is 5.32 Å². The van der Waals surface area contributed by atoms with Crippen LogP contribution in [0.3, 0.4) is 0 Å². The molecule has 2 aromatic carbocycles. The van der Waals surface area contributed by atoms with Crippen molar-refractivity contribution in [3.05, 3.63) is 59.7 Å². The number of ether oxygens (including phenoxy) is 2. The molecule has 0 spiro atoms. The van der Waals surface area contributed by atoms with Crippen molar-refractivity contribution in [2.24, 2.45) is 10.7 Å². The first-order chi connectivity index (χ1) is 12.3. The molecule has 5 nitrogen and oxygen atoms in total. The van der Waals surface area contributed by atoms with Crippen LogP contribution in [0.25, 0.3) is 0 Å². The smallest absolute Gasteiger partial charge is 0.189 e.